The maximum absolute atomic E-state index is 12.3. The molecule has 0 atom stereocenters. The van der Waals surface area contributed by atoms with E-state index in [1.54, 1.807) is 55.6 Å². The zero-order chi connectivity index (χ0) is 24.0. The third kappa shape index (κ3) is 8.48. The van der Waals surface area contributed by atoms with Crippen molar-refractivity contribution < 1.29 is 23.8 Å². The number of methoxy groups -OCH3 is 1. The summed E-state index contributed by atoms with van der Waals surface area (Å²) in [7, 11) is 1.58. The average molecular weight is 464 g/mol. The molecular weight excluding hydrogens is 434 g/mol. The normalized spacial score (nSPS) is 10.3. The lowest BCUT2D eigenvalue weighted by molar-refractivity contribution is -0.114. The van der Waals surface area contributed by atoms with Gasteiger partial charge in [-0.1, -0.05) is 24.3 Å². The molecule has 8 nitrogen and oxygen atoms in total. The summed E-state index contributed by atoms with van der Waals surface area (Å²) in [4.78, 5) is 24.4. The minimum Gasteiger partial charge on any atom is -0.490 e. The number of ether oxygens (including phenoxy) is 3. The van der Waals surface area contributed by atoms with Crippen LogP contribution in [0.25, 0.3) is 0 Å². The lowest BCUT2D eigenvalue weighted by atomic mass is 10.2. The molecule has 3 aromatic rings. The number of hydrogen-bond donors (Lipinski definition) is 3. The number of carbonyl (C=O) groups excluding carboxylic acids is 2. The molecule has 0 saturated heterocycles. The summed E-state index contributed by atoms with van der Waals surface area (Å²) >= 11 is 0. The molecule has 3 rings (SSSR count). The van der Waals surface area contributed by atoms with Crippen LogP contribution >= 0.6 is 0 Å². The molecule has 34 heavy (non-hydrogen) atoms. The van der Waals surface area contributed by atoms with Crippen LogP contribution in [-0.4, -0.2) is 51.8 Å². The summed E-state index contributed by atoms with van der Waals surface area (Å²) in [5.41, 5.74) is 1.84. The van der Waals surface area contributed by atoms with Crippen molar-refractivity contribution in [3.05, 3.63) is 84.4 Å². The third-order valence-electron chi connectivity index (χ3n) is 4.67. The Balaban J connectivity index is 1.38. The number of benzene rings is 3. The molecule has 0 spiro atoms. The first-order valence-corrected chi connectivity index (χ1v) is 11.0. The lowest BCUT2D eigenvalue weighted by Crippen LogP contribution is -2.27. The van der Waals surface area contributed by atoms with E-state index in [0.717, 1.165) is 5.75 Å². The second kappa shape index (κ2) is 13.5. The number of nitrogens with one attached hydrogen (secondary N) is 3. The summed E-state index contributed by atoms with van der Waals surface area (Å²) in [6.07, 6.45) is 0. The van der Waals surface area contributed by atoms with Crippen molar-refractivity contribution in [1.29, 1.82) is 0 Å². The van der Waals surface area contributed by atoms with Gasteiger partial charge in [0.05, 0.1) is 13.2 Å². The van der Waals surface area contributed by atoms with Crippen molar-refractivity contribution in [2.45, 2.75) is 0 Å². The van der Waals surface area contributed by atoms with Crippen LogP contribution in [0.1, 0.15) is 10.4 Å². The Morgan fingerprint density at radius 1 is 0.765 bits per heavy atom. The van der Waals surface area contributed by atoms with E-state index in [-0.39, 0.29) is 18.4 Å². The highest BCUT2D eigenvalue weighted by molar-refractivity contribution is 5.96. The molecule has 178 valence electrons. The standard InChI is InChI=1S/C26H29N3O5/c1-32-15-14-27-26(31)20-6-5-7-22(18-20)28-19-25(30)29-21-10-12-24(13-11-21)34-17-16-33-23-8-3-2-4-9-23/h2-13,18,28H,14-17,19H2,1H3,(H,27,31)(H,29,30). The molecule has 3 N–H and O–H groups in total. The molecule has 0 aliphatic heterocycles. The van der Waals surface area contributed by atoms with Gasteiger partial charge in [0, 0.05) is 30.6 Å². The quantitative estimate of drug-likeness (QED) is 0.335. The maximum Gasteiger partial charge on any atom is 0.251 e. The van der Waals surface area contributed by atoms with E-state index < -0.39 is 0 Å². The second-order valence-corrected chi connectivity index (χ2v) is 7.27. The van der Waals surface area contributed by atoms with E-state index in [2.05, 4.69) is 16.0 Å². The third-order valence-corrected chi connectivity index (χ3v) is 4.67. The molecule has 0 saturated carbocycles. The average Bonchev–Trinajstić information content (AvgIpc) is 2.87. The minimum absolute atomic E-state index is 0.0593. The van der Waals surface area contributed by atoms with E-state index in [9.17, 15) is 9.59 Å². The van der Waals surface area contributed by atoms with Gasteiger partial charge in [-0.15, -0.1) is 0 Å². The molecule has 3 aromatic carbocycles. The molecule has 0 radical (unpaired) electrons. The SMILES string of the molecule is COCCNC(=O)c1cccc(NCC(=O)Nc2ccc(OCCOc3ccccc3)cc2)c1. The molecule has 0 unspecified atom stereocenters. The highest BCUT2D eigenvalue weighted by Gasteiger charge is 2.07. The monoisotopic (exact) mass is 463 g/mol. The first kappa shape index (κ1) is 24.6. The van der Waals surface area contributed by atoms with E-state index in [1.165, 1.54) is 0 Å². The van der Waals surface area contributed by atoms with Gasteiger partial charge in [-0.3, -0.25) is 9.59 Å². The Hall–Kier alpha value is -4.04. The Labute approximate surface area is 199 Å². The fraction of sp³-hybridized carbons (Fsp3) is 0.231. The molecule has 2 amide bonds. The van der Waals surface area contributed by atoms with Crippen LogP contribution in [0.2, 0.25) is 0 Å². The summed E-state index contributed by atoms with van der Waals surface area (Å²) in [5, 5.41) is 8.62. The van der Waals surface area contributed by atoms with Crippen LogP contribution in [0, 0.1) is 0 Å². The molecule has 0 bridgehead atoms. The van der Waals surface area contributed by atoms with Crippen molar-refractivity contribution in [3.63, 3.8) is 0 Å². The van der Waals surface area contributed by atoms with E-state index in [1.807, 2.05) is 30.3 Å². The summed E-state index contributed by atoms with van der Waals surface area (Å²) < 4.78 is 16.2. The van der Waals surface area contributed by atoms with Crippen LogP contribution in [-0.2, 0) is 9.53 Å². The predicted octanol–water partition coefficient (Wildman–Crippen LogP) is 3.57. The van der Waals surface area contributed by atoms with Crippen molar-refractivity contribution in [2.75, 3.05) is 50.7 Å². The molecule has 0 heterocycles. The fourth-order valence-corrected chi connectivity index (χ4v) is 3.00. The van der Waals surface area contributed by atoms with Gasteiger partial charge in [0.1, 0.15) is 24.7 Å². The topological polar surface area (TPSA) is 97.9 Å². The molecule has 0 aromatic heterocycles. The zero-order valence-corrected chi connectivity index (χ0v) is 19.1. The maximum atomic E-state index is 12.3. The molecule has 0 aliphatic rings. The van der Waals surface area contributed by atoms with Crippen LogP contribution in [0.3, 0.4) is 0 Å². The van der Waals surface area contributed by atoms with E-state index >= 15 is 0 Å². The number of rotatable bonds is 13. The fourth-order valence-electron chi connectivity index (χ4n) is 3.00. The molecule has 8 heteroatoms. The van der Waals surface area contributed by atoms with Gasteiger partial charge in [0.2, 0.25) is 5.91 Å². The Bertz CT molecular complexity index is 1040. The van der Waals surface area contributed by atoms with Gasteiger partial charge in [-0.2, -0.15) is 0 Å². The van der Waals surface area contributed by atoms with Gasteiger partial charge < -0.3 is 30.2 Å². The number of carbonyl (C=O) groups is 2. The highest BCUT2D eigenvalue weighted by atomic mass is 16.5. The lowest BCUT2D eigenvalue weighted by Gasteiger charge is -2.11. The molecular formula is C26H29N3O5. The smallest absolute Gasteiger partial charge is 0.251 e. The minimum atomic E-state index is -0.208. The van der Waals surface area contributed by atoms with Gasteiger partial charge in [0.25, 0.3) is 5.91 Å². The van der Waals surface area contributed by atoms with E-state index in [0.29, 0.717) is 49.1 Å². The second-order valence-electron chi connectivity index (χ2n) is 7.27. The van der Waals surface area contributed by atoms with Gasteiger partial charge in [-0.25, -0.2) is 0 Å². The first-order chi connectivity index (χ1) is 16.6. The van der Waals surface area contributed by atoms with Gasteiger partial charge >= 0.3 is 0 Å². The van der Waals surface area contributed by atoms with Gasteiger partial charge in [-0.05, 0) is 54.6 Å². The van der Waals surface area contributed by atoms with Crippen LogP contribution < -0.4 is 25.4 Å². The number of anilines is 2. The largest absolute Gasteiger partial charge is 0.490 e. The Morgan fingerprint density at radius 3 is 2.18 bits per heavy atom. The summed E-state index contributed by atoms with van der Waals surface area (Å²) in [6, 6.07) is 23.6. The summed E-state index contributed by atoms with van der Waals surface area (Å²) in [6.45, 7) is 1.78. The Kier molecular flexibility index (Phi) is 9.76. The van der Waals surface area contributed by atoms with Gasteiger partial charge in [0.15, 0.2) is 0 Å². The molecule has 0 fully saturated rings. The van der Waals surface area contributed by atoms with Crippen LogP contribution in [0.5, 0.6) is 11.5 Å². The first-order valence-electron chi connectivity index (χ1n) is 11.0. The zero-order valence-electron chi connectivity index (χ0n) is 19.1. The van der Waals surface area contributed by atoms with Crippen molar-refractivity contribution in [2.24, 2.45) is 0 Å². The number of amides is 2. The van der Waals surface area contributed by atoms with Crippen LogP contribution in [0.4, 0.5) is 11.4 Å². The predicted molar refractivity (Wildman–Crippen MR) is 132 cm³/mol. The molecule has 0 aliphatic carbocycles. The van der Waals surface area contributed by atoms with E-state index in [4.69, 9.17) is 14.2 Å². The number of hydrogen-bond acceptors (Lipinski definition) is 6. The Morgan fingerprint density at radius 2 is 1.47 bits per heavy atom. The number of para-hydroxylation sites is 1. The van der Waals surface area contributed by atoms with Crippen molar-refractivity contribution in [3.8, 4) is 11.5 Å². The van der Waals surface area contributed by atoms with Crippen molar-refractivity contribution in [1.82, 2.24) is 5.32 Å². The summed E-state index contributed by atoms with van der Waals surface area (Å²) in [5.74, 6) is 1.09. The van der Waals surface area contributed by atoms with Crippen LogP contribution in [0.15, 0.2) is 78.9 Å². The highest BCUT2D eigenvalue weighted by Crippen LogP contribution is 2.16. The van der Waals surface area contributed by atoms with Crippen molar-refractivity contribution >= 4 is 23.2 Å².